The van der Waals surface area contributed by atoms with Gasteiger partial charge in [-0.25, -0.2) is 0 Å². The lowest BCUT2D eigenvalue weighted by atomic mass is 9.82. The fraction of sp³-hybridized carbons (Fsp3) is 0.209. The summed E-state index contributed by atoms with van der Waals surface area (Å²) < 4.78 is 4.66. The summed E-state index contributed by atoms with van der Waals surface area (Å²) in [5.74, 6) is 12.6. The fourth-order valence-electron chi connectivity index (χ4n) is 6.92. The van der Waals surface area contributed by atoms with Crippen LogP contribution in [0.15, 0.2) is 109 Å². The minimum Gasteiger partial charge on any atom is -0.329 e. The second kappa shape index (κ2) is 12.4. The average molecular weight is 585 g/mol. The first kappa shape index (κ1) is 29.9. The molecule has 0 fully saturated rings. The molecule has 7 aromatic rings. The number of fused-ring (bicyclic) bond motifs is 9. The molecule has 0 saturated carbocycles. The summed E-state index contributed by atoms with van der Waals surface area (Å²) in [7, 11) is 0. The Labute approximate surface area is 267 Å². The van der Waals surface area contributed by atoms with Crippen LogP contribution in [0.3, 0.4) is 0 Å². The van der Waals surface area contributed by atoms with Crippen LogP contribution >= 0.6 is 0 Å². The van der Waals surface area contributed by atoms with Crippen LogP contribution in [0, 0.1) is 23.7 Å². The molecule has 2 heterocycles. The second-order valence-corrected chi connectivity index (χ2v) is 11.7. The molecule has 45 heavy (non-hydrogen) atoms. The zero-order valence-corrected chi connectivity index (χ0v) is 27.2. The average Bonchev–Trinajstić information content (AvgIpc) is 3.66. The number of rotatable bonds is 2. The van der Waals surface area contributed by atoms with Crippen molar-refractivity contribution < 1.29 is 0 Å². The van der Waals surface area contributed by atoms with Crippen molar-refractivity contribution >= 4 is 43.6 Å². The number of aromatic nitrogens is 2. The van der Waals surface area contributed by atoms with E-state index in [1.165, 1.54) is 65.9 Å². The number of hydrogen-bond donors (Lipinski definition) is 0. The third kappa shape index (κ3) is 4.98. The summed E-state index contributed by atoms with van der Waals surface area (Å²) in [5, 5.41) is 5.09. The summed E-state index contributed by atoms with van der Waals surface area (Å²) in [6.07, 6.45) is 0. The minimum absolute atomic E-state index is 0.160. The standard InChI is InChI=1S/C26H20N2.C15H14.C2H6/c1-3-5-15-27-23-13-9-7-11-19(23)21-18-26-22(17-25(21)27)20-12-8-10-14-24(20)28(26)16-6-4-2;1-15(2)13-9-5-3-7-11(13)12-8-4-6-10-14(12)15;1-2/h7-14,17-18H,15-16H2,1-2H3;3-10H,1-2H3;1-2H3. The van der Waals surface area contributed by atoms with Crippen molar-refractivity contribution in [2.75, 3.05) is 0 Å². The third-order valence-corrected chi connectivity index (χ3v) is 8.98. The van der Waals surface area contributed by atoms with Gasteiger partial charge in [-0.2, -0.15) is 0 Å². The lowest BCUT2D eigenvalue weighted by Crippen LogP contribution is -2.14. The highest BCUT2D eigenvalue weighted by Gasteiger charge is 2.34. The molecule has 5 aromatic carbocycles. The third-order valence-electron chi connectivity index (χ3n) is 8.98. The molecule has 0 atom stereocenters. The molecule has 0 spiro atoms. The van der Waals surface area contributed by atoms with Crippen molar-refractivity contribution in [3.8, 4) is 34.8 Å². The van der Waals surface area contributed by atoms with Gasteiger partial charge in [-0.05, 0) is 60.4 Å². The molecule has 0 saturated heterocycles. The van der Waals surface area contributed by atoms with Crippen molar-refractivity contribution in [3.63, 3.8) is 0 Å². The van der Waals surface area contributed by atoms with E-state index in [0.29, 0.717) is 13.1 Å². The molecule has 1 aliphatic carbocycles. The molecule has 0 N–H and O–H groups in total. The fourth-order valence-corrected chi connectivity index (χ4v) is 6.92. The van der Waals surface area contributed by atoms with Crippen molar-refractivity contribution in [2.45, 2.75) is 60.0 Å². The predicted molar refractivity (Wildman–Crippen MR) is 195 cm³/mol. The Morgan fingerprint density at radius 1 is 0.489 bits per heavy atom. The van der Waals surface area contributed by atoms with Crippen LogP contribution in [-0.4, -0.2) is 9.13 Å². The van der Waals surface area contributed by atoms with Gasteiger partial charge in [0.2, 0.25) is 0 Å². The van der Waals surface area contributed by atoms with E-state index in [0.717, 1.165) is 0 Å². The van der Waals surface area contributed by atoms with Crippen LogP contribution in [0.2, 0.25) is 0 Å². The number of para-hydroxylation sites is 2. The second-order valence-electron chi connectivity index (χ2n) is 11.7. The van der Waals surface area contributed by atoms with E-state index >= 15 is 0 Å². The molecule has 2 aromatic heterocycles. The first-order valence-electron chi connectivity index (χ1n) is 15.9. The van der Waals surface area contributed by atoms with E-state index in [1.807, 2.05) is 27.7 Å². The molecular formula is C43H40N2. The largest absolute Gasteiger partial charge is 0.329 e. The molecule has 2 nitrogen and oxygen atoms in total. The summed E-state index contributed by atoms with van der Waals surface area (Å²) in [4.78, 5) is 0. The van der Waals surface area contributed by atoms with E-state index in [2.05, 4.69) is 156 Å². The number of nitrogens with zero attached hydrogens (tertiary/aromatic N) is 2. The molecule has 0 bridgehead atoms. The SMILES string of the molecule is CC.CC#CCn1c2ccccc2c2cc3c(cc21)c1ccccc1n3CC#CC.CC1(C)c2ccccc2-c2ccccc21. The van der Waals surface area contributed by atoms with Gasteiger partial charge in [-0.1, -0.05) is 124 Å². The van der Waals surface area contributed by atoms with Gasteiger partial charge in [0.15, 0.2) is 0 Å². The number of benzene rings is 5. The highest BCUT2D eigenvalue weighted by molar-refractivity contribution is 6.17. The molecule has 8 rings (SSSR count). The minimum atomic E-state index is 0.160. The van der Waals surface area contributed by atoms with E-state index in [1.54, 1.807) is 0 Å². The summed E-state index contributed by atoms with van der Waals surface area (Å²) >= 11 is 0. The molecule has 1 aliphatic rings. The van der Waals surface area contributed by atoms with Crippen molar-refractivity contribution in [3.05, 3.63) is 120 Å². The Morgan fingerprint density at radius 3 is 1.29 bits per heavy atom. The first-order valence-corrected chi connectivity index (χ1v) is 15.9. The maximum Gasteiger partial charge on any atom is 0.0843 e. The van der Waals surface area contributed by atoms with E-state index in [-0.39, 0.29) is 5.41 Å². The smallest absolute Gasteiger partial charge is 0.0843 e. The first-order chi connectivity index (χ1) is 22.0. The molecule has 0 radical (unpaired) electrons. The molecule has 222 valence electrons. The normalized spacial score (nSPS) is 12.2. The van der Waals surface area contributed by atoms with Gasteiger partial charge in [0.25, 0.3) is 0 Å². The number of hydrogen-bond acceptors (Lipinski definition) is 0. The summed E-state index contributed by atoms with van der Waals surface area (Å²) in [6, 6.07) is 39.3. The lowest BCUT2D eigenvalue weighted by Gasteiger charge is -2.20. The molecule has 0 unspecified atom stereocenters. The van der Waals surface area contributed by atoms with E-state index in [9.17, 15) is 0 Å². The zero-order valence-electron chi connectivity index (χ0n) is 27.2. The van der Waals surface area contributed by atoms with Gasteiger partial charge in [0.05, 0.1) is 24.1 Å². The Bertz CT molecular complexity index is 2140. The van der Waals surface area contributed by atoms with Gasteiger partial charge >= 0.3 is 0 Å². The highest BCUT2D eigenvalue weighted by atomic mass is 15.0. The van der Waals surface area contributed by atoms with Crippen molar-refractivity contribution in [2.24, 2.45) is 0 Å². The molecular weight excluding hydrogens is 544 g/mol. The van der Waals surface area contributed by atoms with Gasteiger partial charge in [-0.15, -0.1) is 11.8 Å². The molecule has 0 amide bonds. The zero-order chi connectivity index (χ0) is 31.6. The van der Waals surface area contributed by atoms with E-state index < -0.39 is 0 Å². The summed E-state index contributed by atoms with van der Waals surface area (Å²) in [5.41, 5.74) is 10.8. The van der Waals surface area contributed by atoms with Gasteiger partial charge in [-0.3, -0.25) is 0 Å². The van der Waals surface area contributed by atoms with Crippen molar-refractivity contribution in [1.82, 2.24) is 9.13 Å². The van der Waals surface area contributed by atoms with E-state index in [4.69, 9.17) is 0 Å². The highest BCUT2D eigenvalue weighted by Crippen LogP contribution is 2.48. The van der Waals surface area contributed by atoms with Crippen molar-refractivity contribution in [1.29, 1.82) is 0 Å². The van der Waals surface area contributed by atoms with Crippen LogP contribution in [0.1, 0.15) is 52.7 Å². The Kier molecular flexibility index (Phi) is 8.26. The van der Waals surface area contributed by atoms with Crippen LogP contribution in [0.5, 0.6) is 0 Å². The van der Waals surface area contributed by atoms with Gasteiger partial charge in [0, 0.05) is 38.0 Å². The molecule has 2 heteroatoms. The topological polar surface area (TPSA) is 9.86 Å². The quantitative estimate of drug-likeness (QED) is 0.179. The van der Waals surface area contributed by atoms with Crippen LogP contribution in [0.4, 0.5) is 0 Å². The maximum atomic E-state index is 3.24. The Balaban J connectivity index is 0.000000177. The van der Waals surface area contributed by atoms with Crippen LogP contribution in [-0.2, 0) is 18.5 Å². The monoisotopic (exact) mass is 584 g/mol. The Morgan fingerprint density at radius 2 is 0.867 bits per heavy atom. The summed E-state index contributed by atoms with van der Waals surface area (Å²) in [6.45, 7) is 13.8. The Hall–Kier alpha value is -5.18. The van der Waals surface area contributed by atoms with Gasteiger partial charge in [0.1, 0.15) is 0 Å². The predicted octanol–water partition coefficient (Wildman–Crippen LogP) is 11.0. The molecule has 0 aliphatic heterocycles. The maximum absolute atomic E-state index is 3.24. The van der Waals surface area contributed by atoms with Gasteiger partial charge < -0.3 is 9.13 Å². The lowest BCUT2D eigenvalue weighted by molar-refractivity contribution is 0.660. The van der Waals surface area contributed by atoms with Crippen LogP contribution in [0.25, 0.3) is 54.7 Å². The van der Waals surface area contributed by atoms with Crippen LogP contribution < -0.4 is 0 Å².